The maximum Gasteiger partial charge on any atom is 0.253 e. The summed E-state index contributed by atoms with van der Waals surface area (Å²) in [5.41, 5.74) is 6.88. The van der Waals surface area contributed by atoms with E-state index in [1.165, 1.54) is 12.8 Å². The average Bonchev–Trinajstić information content (AvgIpc) is 2.61. The first-order chi connectivity index (χ1) is 9.10. The Balaban J connectivity index is 2.10. The van der Waals surface area contributed by atoms with Gasteiger partial charge in [-0.15, -0.1) is 0 Å². The molecule has 1 heterocycles. The molecule has 1 aromatic carbocycles. The van der Waals surface area contributed by atoms with Gasteiger partial charge in [0.2, 0.25) is 0 Å². The van der Waals surface area contributed by atoms with Gasteiger partial charge in [0.05, 0.1) is 0 Å². The van der Waals surface area contributed by atoms with Gasteiger partial charge in [-0.3, -0.25) is 4.79 Å². The van der Waals surface area contributed by atoms with Crippen molar-refractivity contribution < 1.29 is 4.79 Å². The molecule has 1 aliphatic heterocycles. The van der Waals surface area contributed by atoms with Crippen molar-refractivity contribution in [3.63, 3.8) is 0 Å². The summed E-state index contributed by atoms with van der Waals surface area (Å²) in [5, 5.41) is 0.518. The molecule has 1 atom stereocenters. The lowest BCUT2D eigenvalue weighted by atomic mass is 9.98. The predicted molar refractivity (Wildman–Crippen MR) is 79.4 cm³/mol. The minimum Gasteiger partial charge on any atom is -0.399 e. The monoisotopic (exact) mass is 280 g/mol. The molecule has 1 amide bonds. The Hall–Kier alpha value is -1.22. The molecule has 3 nitrogen and oxygen atoms in total. The van der Waals surface area contributed by atoms with Gasteiger partial charge < -0.3 is 10.6 Å². The number of benzene rings is 1. The third-order valence-corrected chi connectivity index (χ3v) is 4.10. The van der Waals surface area contributed by atoms with Crippen LogP contribution in [0.25, 0.3) is 0 Å². The number of nitrogen functional groups attached to an aromatic ring is 1. The van der Waals surface area contributed by atoms with E-state index in [2.05, 4.69) is 6.92 Å². The standard InChI is InChI=1S/C15H21ClN2O/c1-2-11-4-3-6-18(7-5-11)15(19)12-8-13(16)10-14(17)9-12/h8-11H,2-7,17H2,1H3. The smallest absolute Gasteiger partial charge is 0.253 e. The lowest BCUT2D eigenvalue weighted by Gasteiger charge is -2.21. The lowest BCUT2D eigenvalue weighted by Crippen LogP contribution is -2.32. The van der Waals surface area contributed by atoms with Crippen molar-refractivity contribution in [3.8, 4) is 0 Å². The number of carbonyl (C=O) groups excluding carboxylic acids is 1. The average molecular weight is 281 g/mol. The van der Waals surface area contributed by atoms with Gasteiger partial charge >= 0.3 is 0 Å². The van der Waals surface area contributed by atoms with Crippen LogP contribution in [0.2, 0.25) is 5.02 Å². The highest BCUT2D eigenvalue weighted by Crippen LogP contribution is 2.23. The first-order valence-corrected chi connectivity index (χ1v) is 7.33. The first kappa shape index (κ1) is 14.2. The molecule has 0 aromatic heterocycles. The maximum absolute atomic E-state index is 12.5. The summed E-state index contributed by atoms with van der Waals surface area (Å²) in [4.78, 5) is 14.4. The summed E-state index contributed by atoms with van der Waals surface area (Å²) in [7, 11) is 0. The Bertz CT molecular complexity index is 441. The minimum absolute atomic E-state index is 0.0472. The van der Waals surface area contributed by atoms with Crippen LogP contribution in [0, 0.1) is 5.92 Å². The number of hydrogen-bond acceptors (Lipinski definition) is 2. The second-order valence-electron chi connectivity index (χ2n) is 5.27. The van der Waals surface area contributed by atoms with E-state index < -0.39 is 0 Å². The Kier molecular flexibility index (Phi) is 4.70. The van der Waals surface area contributed by atoms with E-state index in [4.69, 9.17) is 17.3 Å². The number of hydrogen-bond donors (Lipinski definition) is 1. The first-order valence-electron chi connectivity index (χ1n) is 6.95. The molecule has 1 aromatic rings. The van der Waals surface area contributed by atoms with Crippen LogP contribution < -0.4 is 5.73 Å². The molecule has 19 heavy (non-hydrogen) atoms. The Morgan fingerprint density at radius 2 is 2.16 bits per heavy atom. The number of nitrogens with two attached hydrogens (primary N) is 1. The summed E-state index contributed by atoms with van der Waals surface area (Å²) in [5.74, 6) is 0.799. The van der Waals surface area contributed by atoms with Crippen LogP contribution in [0.4, 0.5) is 5.69 Å². The van der Waals surface area contributed by atoms with E-state index in [0.717, 1.165) is 31.8 Å². The number of amides is 1. The van der Waals surface area contributed by atoms with Crippen molar-refractivity contribution in [1.29, 1.82) is 0 Å². The zero-order valence-corrected chi connectivity index (χ0v) is 12.1. The molecule has 2 rings (SSSR count). The molecule has 1 unspecified atom stereocenters. The summed E-state index contributed by atoms with van der Waals surface area (Å²) in [6.45, 7) is 3.89. The molecule has 0 aliphatic carbocycles. The van der Waals surface area contributed by atoms with Gasteiger partial charge in [-0.05, 0) is 43.4 Å². The molecule has 1 aliphatic rings. The summed E-state index contributed by atoms with van der Waals surface area (Å²) in [6.07, 6.45) is 4.60. The number of rotatable bonds is 2. The van der Waals surface area contributed by atoms with Crippen LogP contribution in [0.1, 0.15) is 43.0 Å². The fourth-order valence-electron chi connectivity index (χ4n) is 2.70. The molecule has 1 fully saturated rings. The highest BCUT2D eigenvalue weighted by molar-refractivity contribution is 6.31. The Morgan fingerprint density at radius 1 is 1.37 bits per heavy atom. The van der Waals surface area contributed by atoms with Crippen LogP contribution >= 0.6 is 11.6 Å². The van der Waals surface area contributed by atoms with Crippen molar-refractivity contribution >= 4 is 23.2 Å². The number of carbonyl (C=O) groups is 1. The van der Waals surface area contributed by atoms with Crippen LogP contribution in [0.15, 0.2) is 18.2 Å². The van der Waals surface area contributed by atoms with Gasteiger partial charge in [-0.2, -0.15) is 0 Å². The summed E-state index contributed by atoms with van der Waals surface area (Å²) < 4.78 is 0. The van der Waals surface area contributed by atoms with Crippen LogP contribution in [-0.2, 0) is 0 Å². The molecule has 0 radical (unpaired) electrons. The normalized spacial score (nSPS) is 20.1. The summed E-state index contributed by atoms with van der Waals surface area (Å²) in [6, 6.07) is 5.06. The third kappa shape index (κ3) is 3.63. The second-order valence-corrected chi connectivity index (χ2v) is 5.71. The zero-order chi connectivity index (χ0) is 13.8. The van der Waals surface area contributed by atoms with E-state index in [9.17, 15) is 4.79 Å². The molecule has 104 valence electrons. The van der Waals surface area contributed by atoms with Crippen molar-refractivity contribution in [3.05, 3.63) is 28.8 Å². The predicted octanol–water partition coefficient (Wildman–Crippen LogP) is 3.57. The Labute approximate surface area is 119 Å². The van der Waals surface area contributed by atoms with E-state index in [0.29, 0.717) is 16.3 Å². The SMILES string of the molecule is CCC1CCCN(C(=O)c2cc(N)cc(Cl)c2)CC1. The van der Waals surface area contributed by atoms with E-state index in [-0.39, 0.29) is 5.91 Å². The molecule has 4 heteroatoms. The lowest BCUT2D eigenvalue weighted by molar-refractivity contribution is 0.0760. The molecular formula is C15H21ClN2O. The van der Waals surface area contributed by atoms with Crippen molar-refractivity contribution in [1.82, 2.24) is 4.90 Å². The molecular weight excluding hydrogens is 260 g/mol. The highest BCUT2D eigenvalue weighted by Gasteiger charge is 2.21. The van der Waals surface area contributed by atoms with Crippen LogP contribution in [0.5, 0.6) is 0 Å². The van der Waals surface area contributed by atoms with Gasteiger partial charge in [-0.1, -0.05) is 24.9 Å². The highest BCUT2D eigenvalue weighted by atomic mass is 35.5. The summed E-state index contributed by atoms with van der Waals surface area (Å²) >= 11 is 5.96. The molecule has 2 N–H and O–H groups in total. The number of anilines is 1. The fourth-order valence-corrected chi connectivity index (χ4v) is 2.94. The van der Waals surface area contributed by atoms with E-state index in [1.54, 1.807) is 18.2 Å². The van der Waals surface area contributed by atoms with Gasteiger partial charge in [-0.25, -0.2) is 0 Å². The second kappa shape index (κ2) is 6.29. The zero-order valence-electron chi connectivity index (χ0n) is 11.4. The minimum atomic E-state index is 0.0472. The van der Waals surface area contributed by atoms with E-state index >= 15 is 0 Å². The van der Waals surface area contributed by atoms with Crippen LogP contribution in [0.3, 0.4) is 0 Å². The van der Waals surface area contributed by atoms with Crippen molar-refractivity contribution in [2.75, 3.05) is 18.8 Å². The Morgan fingerprint density at radius 3 is 2.84 bits per heavy atom. The van der Waals surface area contributed by atoms with Gasteiger partial charge in [0.1, 0.15) is 0 Å². The number of halogens is 1. The largest absolute Gasteiger partial charge is 0.399 e. The third-order valence-electron chi connectivity index (χ3n) is 3.88. The van der Waals surface area contributed by atoms with Gasteiger partial charge in [0.25, 0.3) is 5.91 Å². The van der Waals surface area contributed by atoms with E-state index in [1.807, 2.05) is 4.90 Å². The van der Waals surface area contributed by atoms with Crippen molar-refractivity contribution in [2.45, 2.75) is 32.6 Å². The quantitative estimate of drug-likeness (QED) is 0.842. The van der Waals surface area contributed by atoms with Crippen molar-refractivity contribution in [2.24, 2.45) is 5.92 Å². The van der Waals surface area contributed by atoms with Gasteiger partial charge in [0.15, 0.2) is 0 Å². The molecule has 0 saturated carbocycles. The maximum atomic E-state index is 12.5. The topological polar surface area (TPSA) is 46.3 Å². The fraction of sp³-hybridized carbons (Fsp3) is 0.533. The molecule has 1 saturated heterocycles. The van der Waals surface area contributed by atoms with Crippen LogP contribution in [-0.4, -0.2) is 23.9 Å². The van der Waals surface area contributed by atoms with Gasteiger partial charge in [0, 0.05) is 29.4 Å². The number of likely N-dealkylation sites (tertiary alicyclic amines) is 1. The molecule has 0 spiro atoms. The number of nitrogens with zero attached hydrogens (tertiary/aromatic N) is 1. The molecule has 0 bridgehead atoms.